The number of piperidine rings is 1. The number of carbonyl (C=O) groups excluding carboxylic acids is 1. The van der Waals surface area contributed by atoms with E-state index >= 15 is 0 Å². The van der Waals surface area contributed by atoms with Crippen molar-refractivity contribution in [3.05, 3.63) is 0 Å². The number of ether oxygens (including phenoxy) is 1. The van der Waals surface area contributed by atoms with E-state index in [1.165, 1.54) is 13.5 Å². The lowest BCUT2D eigenvalue weighted by Gasteiger charge is -2.37. The zero-order valence-electron chi connectivity index (χ0n) is 11.9. The number of rotatable bonds is 6. The van der Waals surface area contributed by atoms with Gasteiger partial charge in [-0.1, -0.05) is 6.92 Å². The monoisotopic (exact) mass is 257 g/mol. The molecule has 1 saturated heterocycles. The molecule has 1 atom stereocenters. The smallest absolute Gasteiger partial charge is 0.252 e. The molecule has 18 heavy (non-hydrogen) atoms. The van der Waals surface area contributed by atoms with Gasteiger partial charge in [-0.25, -0.2) is 0 Å². The summed E-state index contributed by atoms with van der Waals surface area (Å²) in [5.41, 5.74) is 5.53. The molecule has 0 aromatic heterocycles. The summed E-state index contributed by atoms with van der Waals surface area (Å²) in [4.78, 5) is 16.4. The number of nitrogens with two attached hydrogens (primary N) is 1. The summed E-state index contributed by atoms with van der Waals surface area (Å²) in [5.74, 6) is 0.00828. The van der Waals surface area contributed by atoms with E-state index in [4.69, 9.17) is 10.5 Å². The van der Waals surface area contributed by atoms with E-state index < -0.39 is 6.10 Å². The summed E-state index contributed by atoms with van der Waals surface area (Å²) in [6.45, 7) is 5.77. The van der Waals surface area contributed by atoms with Crippen molar-refractivity contribution in [3.63, 3.8) is 0 Å². The first kappa shape index (κ1) is 15.4. The first-order valence-electron chi connectivity index (χ1n) is 6.85. The summed E-state index contributed by atoms with van der Waals surface area (Å²) in [6, 6.07) is 0.329. The molecule has 106 valence electrons. The minimum Gasteiger partial charge on any atom is -0.370 e. The lowest BCUT2D eigenvalue weighted by molar-refractivity contribution is -0.143. The second-order valence-corrected chi connectivity index (χ2v) is 4.98. The minimum absolute atomic E-state index is 0.00828. The van der Waals surface area contributed by atoms with Gasteiger partial charge in [-0.05, 0) is 25.8 Å². The summed E-state index contributed by atoms with van der Waals surface area (Å²) in [7, 11) is 3.40. The molecule has 2 N–H and O–H groups in total. The van der Waals surface area contributed by atoms with Crippen molar-refractivity contribution in [2.75, 3.05) is 40.3 Å². The second-order valence-electron chi connectivity index (χ2n) is 4.98. The average molecular weight is 257 g/mol. The first-order valence-corrected chi connectivity index (χ1v) is 6.85. The molecule has 0 bridgehead atoms. The standard InChI is InChI=1S/C13H27N3O2/c1-4-7-16-8-5-11(6-9-16)15(2)13(17)12(10-14)18-3/h11-12H,4-10,14H2,1-3H3. The zero-order valence-corrected chi connectivity index (χ0v) is 11.9. The van der Waals surface area contributed by atoms with Gasteiger partial charge in [-0.2, -0.15) is 0 Å². The number of nitrogens with zero attached hydrogens (tertiary/aromatic N) is 2. The summed E-state index contributed by atoms with van der Waals surface area (Å²) >= 11 is 0. The maximum absolute atomic E-state index is 12.1. The molecule has 0 spiro atoms. The van der Waals surface area contributed by atoms with E-state index in [0.717, 1.165) is 32.5 Å². The van der Waals surface area contributed by atoms with Crippen molar-refractivity contribution in [1.29, 1.82) is 0 Å². The van der Waals surface area contributed by atoms with Crippen LogP contribution in [-0.4, -0.2) is 68.2 Å². The highest BCUT2D eigenvalue weighted by molar-refractivity contribution is 5.81. The van der Waals surface area contributed by atoms with E-state index in [1.807, 2.05) is 11.9 Å². The van der Waals surface area contributed by atoms with Crippen LogP contribution >= 0.6 is 0 Å². The summed E-state index contributed by atoms with van der Waals surface area (Å²) < 4.78 is 5.11. The van der Waals surface area contributed by atoms with Crippen LogP contribution in [0, 0.1) is 0 Å². The Morgan fingerprint density at radius 2 is 2.11 bits per heavy atom. The van der Waals surface area contributed by atoms with E-state index in [9.17, 15) is 4.79 Å². The molecule has 1 rings (SSSR count). The van der Waals surface area contributed by atoms with Gasteiger partial charge in [-0.15, -0.1) is 0 Å². The van der Waals surface area contributed by atoms with Crippen LogP contribution in [0.5, 0.6) is 0 Å². The molecule has 0 saturated carbocycles. The van der Waals surface area contributed by atoms with Crippen LogP contribution in [-0.2, 0) is 9.53 Å². The number of hydrogen-bond acceptors (Lipinski definition) is 4. The number of likely N-dealkylation sites (N-methyl/N-ethyl adjacent to an activating group) is 1. The maximum Gasteiger partial charge on any atom is 0.252 e. The molecule has 0 aliphatic carbocycles. The third-order valence-corrected chi connectivity index (χ3v) is 3.77. The lowest BCUT2D eigenvalue weighted by atomic mass is 10.0. The quantitative estimate of drug-likeness (QED) is 0.743. The van der Waals surface area contributed by atoms with Crippen LogP contribution in [0.3, 0.4) is 0 Å². The van der Waals surface area contributed by atoms with Crippen molar-refractivity contribution < 1.29 is 9.53 Å². The fourth-order valence-electron chi connectivity index (χ4n) is 2.55. The van der Waals surface area contributed by atoms with Gasteiger partial charge in [0, 0.05) is 39.8 Å². The van der Waals surface area contributed by atoms with Crippen LogP contribution in [0.15, 0.2) is 0 Å². The van der Waals surface area contributed by atoms with E-state index in [1.54, 1.807) is 0 Å². The first-order chi connectivity index (χ1) is 8.63. The highest BCUT2D eigenvalue weighted by Gasteiger charge is 2.28. The van der Waals surface area contributed by atoms with Crippen LogP contribution in [0.4, 0.5) is 0 Å². The van der Waals surface area contributed by atoms with Gasteiger partial charge in [0.05, 0.1) is 0 Å². The van der Waals surface area contributed by atoms with Crippen LogP contribution in [0.1, 0.15) is 26.2 Å². The number of methoxy groups -OCH3 is 1. The molecular formula is C13H27N3O2. The fraction of sp³-hybridized carbons (Fsp3) is 0.923. The van der Waals surface area contributed by atoms with E-state index in [2.05, 4.69) is 11.8 Å². The van der Waals surface area contributed by atoms with Crippen LogP contribution in [0.2, 0.25) is 0 Å². The molecule has 5 nitrogen and oxygen atoms in total. The van der Waals surface area contributed by atoms with Gasteiger partial charge in [-0.3, -0.25) is 4.79 Å². The second kappa shape index (κ2) is 7.71. The predicted octanol–water partition coefficient (Wildman–Crippen LogP) is 0.293. The van der Waals surface area contributed by atoms with Crippen molar-refractivity contribution in [2.24, 2.45) is 5.73 Å². The Morgan fingerprint density at radius 3 is 2.56 bits per heavy atom. The van der Waals surface area contributed by atoms with E-state index in [0.29, 0.717) is 6.04 Å². The van der Waals surface area contributed by atoms with Crippen LogP contribution < -0.4 is 5.73 Å². The highest BCUT2D eigenvalue weighted by atomic mass is 16.5. The topological polar surface area (TPSA) is 58.8 Å². The molecule has 0 radical (unpaired) electrons. The van der Waals surface area contributed by atoms with E-state index in [-0.39, 0.29) is 12.5 Å². The summed E-state index contributed by atoms with van der Waals surface area (Å²) in [5, 5.41) is 0. The van der Waals surface area contributed by atoms with Gasteiger partial charge in [0.2, 0.25) is 0 Å². The number of hydrogen-bond donors (Lipinski definition) is 1. The Morgan fingerprint density at radius 1 is 1.50 bits per heavy atom. The minimum atomic E-state index is -0.497. The molecular weight excluding hydrogens is 230 g/mol. The molecule has 1 aliphatic heterocycles. The van der Waals surface area contributed by atoms with Gasteiger partial charge in [0.1, 0.15) is 6.10 Å². The largest absolute Gasteiger partial charge is 0.370 e. The van der Waals surface area contributed by atoms with Gasteiger partial charge >= 0.3 is 0 Å². The van der Waals surface area contributed by atoms with Gasteiger partial charge in [0.15, 0.2) is 0 Å². The molecule has 1 unspecified atom stereocenters. The average Bonchev–Trinajstić information content (AvgIpc) is 2.40. The molecule has 1 heterocycles. The number of likely N-dealkylation sites (tertiary alicyclic amines) is 1. The van der Waals surface area contributed by atoms with Gasteiger partial charge in [0.25, 0.3) is 5.91 Å². The van der Waals surface area contributed by atoms with Gasteiger partial charge < -0.3 is 20.3 Å². The SMILES string of the molecule is CCCN1CCC(N(C)C(=O)C(CN)OC)CC1. The Hall–Kier alpha value is -0.650. The lowest BCUT2D eigenvalue weighted by Crippen LogP contribution is -2.50. The molecule has 1 fully saturated rings. The highest BCUT2D eigenvalue weighted by Crippen LogP contribution is 2.16. The Balaban J connectivity index is 2.44. The van der Waals surface area contributed by atoms with Crippen molar-refractivity contribution in [3.8, 4) is 0 Å². The predicted molar refractivity (Wildman–Crippen MR) is 72.4 cm³/mol. The molecule has 1 amide bonds. The molecule has 0 aromatic carbocycles. The van der Waals surface area contributed by atoms with Crippen molar-refractivity contribution in [1.82, 2.24) is 9.80 Å². The Bertz CT molecular complexity index is 249. The third kappa shape index (κ3) is 3.93. The normalized spacial score (nSPS) is 19.8. The maximum atomic E-state index is 12.1. The van der Waals surface area contributed by atoms with Crippen molar-refractivity contribution >= 4 is 5.91 Å². The zero-order chi connectivity index (χ0) is 13.5. The van der Waals surface area contributed by atoms with Crippen molar-refractivity contribution in [2.45, 2.75) is 38.3 Å². The number of carbonyl (C=O) groups is 1. The molecule has 1 aliphatic rings. The third-order valence-electron chi connectivity index (χ3n) is 3.77. The Labute approximate surface area is 110 Å². The van der Waals surface area contributed by atoms with Crippen LogP contribution in [0.25, 0.3) is 0 Å². The Kier molecular flexibility index (Phi) is 6.60. The fourth-order valence-corrected chi connectivity index (χ4v) is 2.55. The molecule has 5 heteroatoms. The summed E-state index contributed by atoms with van der Waals surface area (Å²) in [6.07, 6.45) is 2.79. The molecule has 0 aromatic rings. The number of amides is 1.